The first kappa shape index (κ1) is 8.81. The number of nitrogens with two attached hydrogens (primary N) is 1. The highest BCUT2D eigenvalue weighted by atomic mass is 16.5. The van der Waals surface area contributed by atoms with Crippen molar-refractivity contribution in [3.05, 3.63) is 0 Å². The van der Waals surface area contributed by atoms with Crippen molar-refractivity contribution in [1.82, 2.24) is 4.90 Å². The van der Waals surface area contributed by atoms with Gasteiger partial charge in [0, 0.05) is 13.2 Å². The second-order valence-electron chi connectivity index (χ2n) is 4.21. The van der Waals surface area contributed by atoms with Gasteiger partial charge in [0.05, 0.1) is 18.7 Å². The van der Waals surface area contributed by atoms with Gasteiger partial charge in [-0.05, 0) is 19.8 Å². The van der Waals surface area contributed by atoms with Crippen molar-refractivity contribution in [2.45, 2.75) is 31.3 Å². The van der Waals surface area contributed by atoms with Crippen LogP contribution in [0.5, 0.6) is 0 Å². The molecular formula is C9H17N3O. The lowest BCUT2D eigenvalue weighted by molar-refractivity contribution is 0.0751. The van der Waals surface area contributed by atoms with Crippen LogP contribution >= 0.6 is 0 Å². The Morgan fingerprint density at radius 3 is 2.92 bits per heavy atom. The van der Waals surface area contributed by atoms with Crippen LogP contribution in [0.3, 0.4) is 0 Å². The van der Waals surface area contributed by atoms with Gasteiger partial charge in [0.15, 0.2) is 5.96 Å². The molecule has 1 heterocycles. The van der Waals surface area contributed by atoms with Gasteiger partial charge in [0.1, 0.15) is 0 Å². The van der Waals surface area contributed by atoms with Crippen LogP contribution in [-0.2, 0) is 4.74 Å². The lowest BCUT2D eigenvalue weighted by Gasteiger charge is -2.35. The van der Waals surface area contributed by atoms with Gasteiger partial charge in [0.25, 0.3) is 0 Å². The summed E-state index contributed by atoms with van der Waals surface area (Å²) in [5.74, 6) is 0.696. The molecule has 0 aromatic heterocycles. The Hall–Kier alpha value is -0.770. The number of ether oxygens (including phenoxy) is 1. The SMILES string of the molecule is COCC1(C)CN=C(N)N1C1CC1. The smallest absolute Gasteiger partial charge is 0.192 e. The standard InChI is InChI=1S/C9H17N3O/c1-9(6-13-2)5-11-8(10)12(9)7-3-4-7/h7H,3-6H2,1-2H3,(H2,10,11). The third-order valence-electron chi connectivity index (χ3n) is 2.78. The van der Waals surface area contributed by atoms with Crippen molar-refractivity contribution in [1.29, 1.82) is 0 Å². The molecule has 1 fully saturated rings. The Morgan fingerprint density at radius 1 is 1.69 bits per heavy atom. The van der Waals surface area contributed by atoms with E-state index in [0.717, 1.165) is 6.54 Å². The van der Waals surface area contributed by atoms with Gasteiger partial charge >= 0.3 is 0 Å². The van der Waals surface area contributed by atoms with Crippen molar-refractivity contribution in [3.63, 3.8) is 0 Å². The fourth-order valence-corrected chi connectivity index (χ4v) is 2.07. The predicted octanol–water partition coefficient (Wildman–Crippen LogP) is 0.184. The van der Waals surface area contributed by atoms with Crippen molar-refractivity contribution < 1.29 is 4.74 Å². The van der Waals surface area contributed by atoms with Crippen molar-refractivity contribution >= 4 is 5.96 Å². The van der Waals surface area contributed by atoms with Crippen LogP contribution in [0.4, 0.5) is 0 Å². The van der Waals surface area contributed by atoms with E-state index in [9.17, 15) is 0 Å². The highest BCUT2D eigenvalue weighted by Crippen LogP contribution is 2.35. The summed E-state index contributed by atoms with van der Waals surface area (Å²) in [5, 5.41) is 0. The number of nitrogens with zero attached hydrogens (tertiary/aromatic N) is 2. The number of hydrogen-bond donors (Lipinski definition) is 1. The van der Waals surface area contributed by atoms with Gasteiger partial charge in [-0.15, -0.1) is 0 Å². The first-order valence-electron chi connectivity index (χ1n) is 4.75. The largest absolute Gasteiger partial charge is 0.382 e. The van der Waals surface area contributed by atoms with Crippen molar-refractivity contribution in [2.24, 2.45) is 10.7 Å². The van der Waals surface area contributed by atoms with Gasteiger partial charge in [0.2, 0.25) is 0 Å². The number of rotatable bonds is 3. The summed E-state index contributed by atoms with van der Waals surface area (Å²) < 4.78 is 5.21. The number of methoxy groups -OCH3 is 1. The summed E-state index contributed by atoms with van der Waals surface area (Å²) in [7, 11) is 1.73. The zero-order chi connectivity index (χ0) is 9.47. The zero-order valence-corrected chi connectivity index (χ0v) is 8.29. The number of hydrogen-bond acceptors (Lipinski definition) is 4. The highest BCUT2D eigenvalue weighted by molar-refractivity contribution is 5.81. The van der Waals surface area contributed by atoms with Crippen LogP contribution < -0.4 is 5.73 Å². The molecule has 4 heteroatoms. The first-order valence-corrected chi connectivity index (χ1v) is 4.75. The molecule has 1 unspecified atom stereocenters. The van der Waals surface area contributed by atoms with Crippen LogP contribution in [0, 0.1) is 0 Å². The summed E-state index contributed by atoms with van der Waals surface area (Å²) >= 11 is 0. The molecule has 0 aromatic carbocycles. The third kappa shape index (κ3) is 1.39. The molecule has 4 nitrogen and oxygen atoms in total. The summed E-state index contributed by atoms with van der Waals surface area (Å²) in [6, 6.07) is 0.617. The van der Waals surface area contributed by atoms with Crippen LogP contribution in [0.2, 0.25) is 0 Å². The molecule has 0 spiro atoms. The maximum Gasteiger partial charge on any atom is 0.192 e. The molecule has 0 amide bonds. The quantitative estimate of drug-likeness (QED) is 0.679. The molecule has 1 aliphatic heterocycles. The van der Waals surface area contributed by atoms with E-state index >= 15 is 0 Å². The minimum Gasteiger partial charge on any atom is -0.382 e. The molecule has 2 rings (SSSR count). The van der Waals surface area contributed by atoms with Gasteiger partial charge in [-0.25, -0.2) is 0 Å². The second-order valence-corrected chi connectivity index (χ2v) is 4.21. The van der Waals surface area contributed by atoms with Gasteiger partial charge in [-0.1, -0.05) is 0 Å². The maximum absolute atomic E-state index is 5.85. The molecule has 1 aliphatic carbocycles. The highest BCUT2D eigenvalue weighted by Gasteiger charge is 2.45. The Bertz CT molecular complexity index is 237. The van der Waals surface area contributed by atoms with E-state index in [1.807, 2.05) is 0 Å². The fraction of sp³-hybridized carbons (Fsp3) is 0.889. The molecule has 0 saturated heterocycles. The molecule has 1 saturated carbocycles. The summed E-state index contributed by atoms with van der Waals surface area (Å²) in [6.45, 7) is 3.63. The maximum atomic E-state index is 5.85. The number of aliphatic imine (C=N–C) groups is 1. The van der Waals surface area contributed by atoms with Gasteiger partial charge < -0.3 is 15.4 Å². The molecular weight excluding hydrogens is 166 g/mol. The minimum atomic E-state index is 0. The lowest BCUT2D eigenvalue weighted by atomic mass is 10.0. The predicted molar refractivity (Wildman–Crippen MR) is 51.6 cm³/mol. The minimum absolute atomic E-state index is 0. The molecule has 0 aromatic rings. The summed E-state index contributed by atoms with van der Waals surface area (Å²) in [6.07, 6.45) is 2.49. The van der Waals surface area contributed by atoms with Crippen LogP contribution in [0.25, 0.3) is 0 Å². The van der Waals surface area contributed by atoms with E-state index in [4.69, 9.17) is 10.5 Å². The Morgan fingerprint density at radius 2 is 2.38 bits per heavy atom. The van der Waals surface area contributed by atoms with Crippen molar-refractivity contribution in [3.8, 4) is 0 Å². The fourth-order valence-electron chi connectivity index (χ4n) is 2.07. The molecule has 1 atom stereocenters. The van der Waals surface area contributed by atoms with Crippen LogP contribution in [0.1, 0.15) is 19.8 Å². The third-order valence-corrected chi connectivity index (χ3v) is 2.78. The zero-order valence-electron chi connectivity index (χ0n) is 8.29. The summed E-state index contributed by atoms with van der Waals surface area (Å²) in [4.78, 5) is 6.52. The molecule has 0 radical (unpaired) electrons. The monoisotopic (exact) mass is 183 g/mol. The van der Waals surface area contributed by atoms with Crippen molar-refractivity contribution in [2.75, 3.05) is 20.3 Å². The summed E-state index contributed by atoms with van der Waals surface area (Å²) in [5.41, 5.74) is 5.85. The van der Waals surface area contributed by atoms with Crippen LogP contribution in [0.15, 0.2) is 4.99 Å². The average molecular weight is 183 g/mol. The normalized spacial score (nSPS) is 33.7. The van der Waals surface area contributed by atoms with E-state index in [1.54, 1.807) is 7.11 Å². The van der Waals surface area contributed by atoms with E-state index in [-0.39, 0.29) is 5.54 Å². The first-order chi connectivity index (χ1) is 6.17. The van der Waals surface area contributed by atoms with E-state index in [1.165, 1.54) is 12.8 Å². The molecule has 2 aliphatic rings. The Balaban J connectivity index is 2.12. The molecule has 13 heavy (non-hydrogen) atoms. The molecule has 74 valence electrons. The molecule has 0 bridgehead atoms. The Labute approximate surface area is 78.8 Å². The van der Waals surface area contributed by atoms with Crippen LogP contribution in [-0.4, -0.2) is 42.7 Å². The van der Waals surface area contributed by atoms with Gasteiger partial charge in [-0.2, -0.15) is 0 Å². The van der Waals surface area contributed by atoms with E-state index in [0.29, 0.717) is 18.6 Å². The van der Waals surface area contributed by atoms with E-state index < -0.39 is 0 Å². The number of guanidine groups is 1. The topological polar surface area (TPSA) is 50.9 Å². The van der Waals surface area contributed by atoms with Gasteiger partial charge in [-0.3, -0.25) is 4.99 Å². The van der Waals surface area contributed by atoms with E-state index in [2.05, 4.69) is 16.8 Å². The average Bonchev–Trinajstić information content (AvgIpc) is 2.82. The Kier molecular flexibility index (Phi) is 1.95. The molecule has 2 N–H and O–H groups in total. The lowest BCUT2D eigenvalue weighted by Crippen LogP contribution is -2.53. The second kappa shape index (κ2) is 2.87.